The third-order valence-corrected chi connectivity index (χ3v) is 12.1. The molecule has 0 radical (unpaired) electrons. The van der Waals surface area contributed by atoms with E-state index in [9.17, 15) is 9.59 Å². The van der Waals surface area contributed by atoms with Gasteiger partial charge in [-0.05, 0) is 159 Å². The second-order valence-electron chi connectivity index (χ2n) is 15.4. The third kappa shape index (κ3) is 8.23. The first-order valence-electron chi connectivity index (χ1n) is 19.0. The van der Waals surface area contributed by atoms with E-state index in [1.54, 1.807) is 0 Å². The van der Waals surface area contributed by atoms with Crippen molar-refractivity contribution in [3.8, 4) is 22.3 Å². The van der Waals surface area contributed by atoms with Crippen molar-refractivity contribution in [1.82, 2.24) is 9.80 Å². The molecule has 4 nitrogen and oxygen atoms in total. The van der Waals surface area contributed by atoms with Gasteiger partial charge in [0.25, 0.3) is 11.8 Å². The number of unbranched alkanes of at least 4 members (excludes halogenated alkanes) is 1. The monoisotopic (exact) mass is 668 g/mol. The number of carbonyl (C=O) groups is 2. The van der Waals surface area contributed by atoms with E-state index in [2.05, 4.69) is 99.9 Å². The van der Waals surface area contributed by atoms with Crippen molar-refractivity contribution in [2.45, 2.75) is 92.9 Å². The molecule has 2 amide bonds. The molecule has 50 heavy (non-hydrogen) atoms. The minimum Gasteiger partial charge on any atom is -0.339 e. The Morgan fingerprint density at radius 1 is 0.480 bits per heavy atom. The van der Waals surface area contributed by atoms with Gasteiger partial charge in [-0.3, -0.25) is 9.59 Å². The molecular weight excluding hydrogens is 613 g/mol. The summed E-state index contributed by atoms with van der Waals surface area (Å²) in [5.41, 5.74) is 14.2. The van der Waals surface area contributed by atoms with E-state index in [4.69, 9.17) is 0 Å². The Morgan fingerprint density at radius 2 is 0.780 bits per heavy atom. The lowest BCUT2D eigenvalue weighted by Crippen LogP contribution is -2.38. The van der Waals surface area contributed by atoms with Crippen molar-refractivity contribution in [2.24, 2.45) is 11.8 Å². The molecule has 4 aromatic carbocycles. The lowest BCUT2D eigenvalue weighted by Gasteiger charge is -2.33. The van der Waals surface area contributed by atoms with E-state index in [1.807, 2.05) is 24.3 Å². The summed E-state index contributed by atoms with van der Waals surface area (Å²) in [4.78, 5) is 30.7. The summed E-state index contributed by atoms with van der Waals surface area (Å²) in [6.07, 6.45) is 9.50. The molecule has 4 heteroatoms. The van der Waals surface area contributed by atoms with Crippen LogP contribution in [0.25, 0.3) is 22.3 Å². The van der Waals surface area contributed by atoms with Crippen LogP contribution < -0.4 is 0 Å². The standard InChI is InChI=1S/C46H56N2O2/c1-31-27-43(28-32(2)35(31)5)39-11-15-41(16-12-39)45(49)47-23-19-37(20-24-47)9-7-8-10-38-21-25-48(26-22-38)46(50)42-17-13-40(14-18-42)44-29-33(3)36(6)34(4)30-44/h11-18,27-30,37-38H,7-10,19-26H2,1-6H3. The lowest BCUT2D eigenvalue weighted by atomic mass is 9.87. The maximum Gasteiger partial charge on any atom is 0.253 e. The van der Waals surface area contributed by atoms with Gasteiger partial charge in [-0.25, -0.2) is 0 Å². The minimum absolute atomic E-state index is 0.167. The summed E-state index contributed by atoms with van der Waals surface area (Å²) in [6.45, 7) is 16.4. The maximum absolute atomic E-state index is 13.3. The van der Waals surface area contributed by atoms with E-state index < -0.39 is 0 Å². The molecule has 0 spiro atoms. The number of hydrogen-bond acceptors (Lipinski definition) is 2. The van der Waals surface area contributed by atoms with Crippen LogP contribution in [-0.2, 0) is 0 Å². The first-order chi connectivity index (χ1) is 24.1. The quantitative estimate of drug-likeness (QED) is 0.167. The van der Waals surface area contributed by atoms with Crippen LogP contribution >= 0.6 is 0 Å². The molecule has 2 aliphatic rings. The third-order valence-electron chi connectivity index (χ3n) is 12.1. The summed E-state index contributed by atoms with van der Waals surface area (Å²) >= 11 is 0. The summed E-state index contributed by atoms with van der Waals surface area (Å²) in [6, 6.07) is 25.3. The Balaban J connectivity index is 0.881. The highest BCUT2D eigenvalue weighted by Crippen LogP contribution is 2.30. The molecule has 4 aromatic rings. The van der Waals surface area contributed by atoms with Gasteiger partial charge in [0.2, 0.25) is 0 Å². The number of amides is 2. The Hall–Kier alpha value is -4.18. The predicted molar refractivity (Wildman–Crippen MR) is 208 cm³/mol. The molecule has 2 saturated heterocycles. The van der Waals surface area contributed by atoms with Crippen molar-refractivity contribution < 1.29 is 9.59 Å². The molecule has 2 fully saturated rings. The van der Waals surface area contributed by atoms with Crippen LogP contribution in [-0.4, -0.2) is 47.8 Å². The van der Waals surface area contributed by atoms with Gasteiger partial charge < -0.3 is 9.80 Å². The minimum atomic E-state index is 0.167. The molecule has 6 rings (SSSR count). The smallest absolute Gasteiger partial charge is 0.253 e. The summed E-state index contributed by atoms with van der Waals surface area (Å²) in [5, 5.41) is 0. The van der Waals surface area contributed by atoms with Crippen LogP contribution in [0.4, 0.5) is 0 Å². The van der Waals surface area contributed by atoms with Gasteiger partial charge in [0.1, 0.15) is 0 Å². The largest absolute Gasteiger partial charge is 0.339 e. The number of likely N-dealkylation sites (tertiary alicyclic amines) is 2. The van der Waals surface area contributed by atoms with Crippen molar-refractivity contribution in [3.63, 3.8) is 0 Å². The van der Waals surface area contributed by atoms with Crippen molar-refractivity contribution in [3.05, 3.63) is 117 Å². The molecule has 262 valence electrons. The van der Waals surface area contributed by atoms with Gasteiger partial charge in [0, 0.05) is 37.3 Å². The van der Waals surface area contributed by atoms with Gasteiger partial charge in [-0.2, -0.15) is 0 Å². The Bertz CT molecular complexity index is 1620. The van der Waals surface area contributed by atoms with Gasteiger partial charge in [0.15, 0.2) is 0 Å². The summed E-state index contributed by atoms with van der Waals surface area (Å²) in [7, 11) is 0. The molecule has 0 aliphatic carbocycles. The van der Waals surface area contributed by atoms with Crippen LogP contribution in [0.1, 0.15) is 105 Å². The van der Waals surface area contributed by atoms with Crippen molar-refractivity contribution >= 4 is 11.8 Å². The fourth-order valence-corrected chi connectivity index (χ4v) is 8.10. The zero-order valence-electron chi connectivity index (χ0n) is 31.3. The molecule has 0 N–H and O–H groups in total. The molecule has 2 heterocycles. The summed E-state index contributed by atoms with van der Waals surface area (Å²) < 4.78 is 0. The van der Waals surface area contributed by atoms with Gasteiger partial charge >= 0.3 is 0 Å². The van der Waals surface area contributed by atoms with Gasteiger partial charge in [0.05, 0.1) is 0 Å². The molecule has 0 atom stereocenters. The number of piperidine rings is 2. The first kappa shape index (κ1) is 35.6. The highest BCUT2D eigenvalue weighted by atomic mass is 16.2. The second-order valence-corrected chi connectivity index (χ2v) is 15.4. The number of hydrogen-bond donors (Lipinski definition) is 0. The van der Waals surface area contributed by atoms with Crippen molar-refractivity contribution in [1.29, 1.82) is 0 Å². The number of carbonyl (C=O) groups excluding carboxylic acids is 2. The number of aryl methyl sites for hydroxylation is 4. The SMILES string of the molecule is Cc1cc(-c2ccc(C(=O)N3CCC(CCCCC4CCN(C(=O)c5ccc(-c6cc(C)c(C)c(C)c6)cc5)CC4)CC3)cc2)cc(C)c1C. The molecule has 0 bridgehead atoms. The Labute approximate surface area is 300 Å². The number of benzene rings is 4. The van der Waals surface area contributed by atoms with E-state index in [0.717, 1.165) is 86.0 Å². The lowest BCUT2D eigenvalue weighted by molar-refractivity contribution is 0.0671. The molecule has 0 aromatic heterocycles. The summed E-state index contributed by atoms with van der Waals surface area (Å²) in [5.74, 6) is 1.78. The zero-order valence-corrected chi connectivity index (χ0v) is 31.3. The Kier molecular flexibility index (Phi) is 11.3. The van der Waals surface area contributed by atoms with Crippen LogP contribution in [0, 0.1) is 53.4 Å². The van der Waals surface area contributed by atoms with Gasteiger partial charge in [-0.1, -0.05) is 74.2 Å². The highest BCUT2D eigenvalue weighted by molar-refractivity contribution is 5.95. The molecule has 2 aliphatic heterocycles. The number of nitrogens with zero attached hydrogens (tertiary/aromatic N) is 2. The molecule has 0 unspecified atom stereocenters. The predicted octanol–water partition coefficient (Wildman–Crippen LogP) is 10.8. The zero-order chi connectivity index (χ0) is 35.4. The maximum atomic E-state index is 13.3. The average Bonchev–Trinajstić information content (AvgIpc) is 3.14. The normalized spacial score (nSPS) is 15.8. The van der Waals surface area contributed by atoms with E-state index in [1.165, 1.54) is 70.2 Å². The average molecular weight is 669 g/mol. The van der Waals surface area contributed by atoms with Gasteiger partial charge in [-0.15, -0.1) is 0 Å². The highest BCUT2D eigenvalue weighted by Gasteiger charge is 2.25. The first-order valence-corrected chi connectivity index (χ1v) is 19.0. The molecular formula is C46H56N2O2. The van der Waals surface area contributed by atoms with Crippen LogP contribution in [0.5, 0.6) is 0 Å². The number of rotatable bonds is 9. The fourth-order valence-electron chi connectivity index (χ4n) is 8.10. The fraction of sp³-hybridized carbons (Fsp3) is 0.435. The Morgan fingerprint density at radius 3 is 1.08 bits per heavy atom. The van der Waals surface area contributed by atoms with Crippen molar-refractivity contribution in [2.75, 3.05) is 26.2 Å². The van der Waals surface area contributed by atoms with Crippen LogP contribution in [0.2, 0.25) is 0 Å². The second kappa shape index (κ2) is 15.8. The van der Waals surface area contributed by atoms with E-state index >= 15 is 0 Å². The van der Waals surface area contributed by atoms with E-state index in [-0.39, 0.29) is 11.8 Å². The van der Waals surface area contributed by atoms with E-state index in [0.29, 0.717) is 0 Å². The molecule has 0 saturated carbocycles. The van der Waals surface area contributed by atoms with Crippen LogP contribution in [0.3, 0.4) is 0 Å². The van der Waals surface area contributed by atoms with Crippen LogP contribution in [0.15, 0.2) is 72.8 Å². The topological polar surface area (TPSA) is 40.6 Å².